The highest BCUT2D eigenvalue weighted by atomic mass is 79.9. The molecule has 2 aromatic rings. The van der Waals surface area contributed by atoms with Crippen LogP contribution >= 0.6 is 27.5 Å². The molecular formula is C14H9BrClFN2. The van der Waals surface area contributed by atoms with Crippen LogP contribution in [-0.2, 0) is 6.54 Å². The largest absolute Gasteiger partial charge is 0.380 e. The fourth-order valence-corrected chi connectivity index (χ4v) is 2.17. The summed E-state index contributed by atoms with van der Waals surface area (Å²) in [6.45, 7) is 0.469. The van der Waals surface area contributed by atoms with Gasteiger partial charge in [-0.15, -0.1) is 0 Å². The molecule has 0 saturated heterocycles. The number of hydrogen-bond acceptors (Lipinski definition) is 2. The first-order valence-corrected chi connectivity index (χ1v) is 6.64. The standard InChI is InChI=1S/C14H9BrClFN2/c15-11-2-4-14(10(6-11)7-18)19-8-9-1-3-13(17)12(16)5-9/h1-6,19H,8H2. The minimum Gasteiger partial charge on any atom is -0.380 e. The Labute approximate surface area is 123 Å². The number of nitrogens with zero attached hydrogens (tertiary/aromatic N) is 1. The summed E-state index contributed by atoms with van der Waals surface area (Å²) in [5, 5.41) is 12.3. The van der Waals surface area contributed by atoms with Crippen LogP contribution in [0.3, 0.4) is 0 Å². The molecule has 2 nitrogen and oxygen atoms in total. The Kier molecular flexibility index (Phi) is 4.41. The van der Waals surface area contributed by atoms with E-state index in [2.05, 4.69) is 27.3 Å². The van der Waals surface area contributed by atoms with Gasteiger partial charge in [-0.3, -0.25) is 0 Å². The molecule has 1 N–H and O–H groups in total. The summed E-state index contributed by atoms with van der Waals surface area (Å²) < 4.78 is 13.9. The summed E-state index contributed by atoms with van der Waals surface area (Å²) in [6, 6.07) is 12.1. The van der Waals surface area contributed by atoms with Gasteiger partial charge in [-0.2, -0.15) is 5.26 Å². The lowest BCUT2D eigenvalue weighted by atomic mass is 10.1. The molecule has 0 aliphatic carbocycles. The zero-order chi connectivity index (χ0) is 13.8. The van der Waals surface area contributed by atoms with E-state index in [0.717, 1.165) is 15.7 Å². The second-order valence-electron chi connectivity index (χ2n) is 3.90. The van der Waals surface area contributed by atoms with Gasteiger partial charge in [0, 0.05) is 11.0 Å². The van der Waals surface area contributed by atoms with Crippen LogP contribution in [0.5, 0.6) is 0 Å². The minimum atomic E-state index is -0.438. The van der Waals surface area contributed by atoms with Crippen molar-refractivity contribution in [2.24, 2.45) is 0 Å². The maximum absolute atomic E-state index is 13.0. The molecule has 0 radical (unpaired) electrons. The van der Waals surface area contributed by atoms with Gasteiger partial charge in [0.2, 0.25) is 0 Å². The van der Waals surface area contributed by atoms with E-state index in [-0.39, 0.29) is 5.02 Å². The Hall–Kier alpha value is -1.57. The van der Waals surface area contributed by atoms with Gasteiger partial charge in [-0.25, -0.2) is 4.39 Å². The first kappa shape index (κ1) is 13.9. The van der Waals surface area contributed by atoms with Gasteiger partial charge in [0.25, 0.3) is 0 Å². The minimum absolute atomic E-state index is 0.0932. The van der Waals surface area contributed by atoms with Crippen molar-refractivity contribution in [3.63, 3.8) is 0 Å². The molecule has 96 valence electrons. The monoisotopic (exact) mass is 338 g/mol. The third kappa shape index (κ3) is 3.46. The predicted molar refractivity (Wildman–Crippen MR) is 77.6 cm³/mol. The number of rotatable bonds is 3. The van der Waals surface area contributed by atoms with E-state index in [1.165, 1.54) is 6.07 Å². The van der Waals surface area contributed by atoms with Crippen molar-refractivity contribution in [3.8, 4) is 6.07 Å². The fraction of sp³-hybridized carbons (Fsp3) is 0.0714. The summed E-state index contributed by atoms with van der Waals surface area (Å²) in [5.41, 5.74) is 2.12. The maximum atomic E-state index is 13.0. The third-order valence-corrected chi connectivity index (χ3v) is 3.35. The predicted octanol–water partition coefficient (Wildman–Crippen LogP) is 4.73. The number of nitrogens with one attached hydrogen (secondary N) is 1. The Morgan fingerprint density at radius 3 is 2.74 bits per heavy atom. The highest BCUT2D eigenvalue weighted by Crippen LogP contribution is 2.22. The van der Waals surface area contributed by atoms with Crippen LogP contribution in [0.1, 0.15) is 11.1 Å². The van der Waals surface area contributed by atoms with Gasteiger partial charge in [-0.1, -0.05) is 33.6 Å². The molecule has 0 aliphatic rings. The molecular weight excluding hydrogens is 331 g/mol. The fourth-order valence-electron chi connectivity index (χ4n) is 1.61. The molecule has 19 heavy (non-hydrogen) atoms. The summed E-state index contributed by atoms with van der Waals surface area (Å²) >= 11 is 9.03. The molecule has 0 fully saturated rings. The van der Waals surface area contributed by atoms with Crippen LogP contribution in [0.15, 0.2) is 40.9 Å². The van der Waals surface area contributed by atoms with Gasteiger partial charge in [0.1, 0.15) is 11.9 Å². The Morgan fingerprint density at radius 2 is 2.05 bits per heavy atom. The van der Waals surface area contributed by atoms with Crippen molar-refractivity contribution < 1.29 is 4.39 Å². The number of anilines is 1. The maximum Gasteiger partial charge on any atom is 0.141 e. The first-order valence-electron chi connectivity index (χ1n) is 5.47. The van der Waals surface area contributed by atoms with Crippen molar-refractivity contribution >= 4 is 33.2 Å². The molecule has 0 aromatic heterocycles. The lowest BCUT2D eigenvalue weighted by molar-refractivity contribution is 0.627. The van der Waals surface area contributed by atoms with Crippen molar-refractivity contribution in [2.45, 2.75) is 6.54 Å². The van der Waals surface area contributed by atoms with Crippen LogP contribution in [0, 0.1) is 17.1 Å². The second-order valence-corrected chi connectivity index (χ2v) is 5.23. The van der Waals surface area contributed by atoms with E-state index in [0.29, 0.717) is 12.1 Å². The van der Waals surface area contributed by atoms with Gasteiger partial charge in [0.15, 0.2) is 0 Å². The topological polar surface area (TPSA) is 35.8 Å². The van der Waals surface area contributed by atoms with E-state index in [9.17, 15) is 4.39 Å². The van der Waals surface area contributed by atoms with E-state index in [4.69, 9.17) is 16.9 Å². The normalized spacial score (nSPS) is 10.0. The molecule has 2 aromatic carbocycles. The van der Waals surface area contributed by atoms with Crippen LogP contribution in [0.25, 0.3) is 0 Å². The average molecular weight is 340 g/mol. The number of nitriles is 1. The smallest absolute Gasteiger partial charge is 0.141 e. The zero-order valence-corrected chi connectivity index (χ0v) is 12.1. The second kappa shape index (κ2) is 6.05. The highest BCUT2D eigenvalue weighted by Gasteiger charge is 2.04. The summed E-state index contributed by atoms with van der Waals surface area (Å²) in [7, 11) is 0. The lowest BCUT2D eigenvalue weighted by Gasteiger charge is -2.09. The molecule has 0 unspecified atom stereocenters. The number of halogens is 3. The van der Waals surface area contributed by atoms with Crippen LogP contribution in [-0.4, -0.2) is 0 Å². The third-order valence-electron chi connectivity index (χ3n) is 2.57. The summed E-state index contributed by atoms with van der Waals surface area (Å²) in [5.74, 6) is -0.438. The number of benzene rings is 2. The molecule has 0 spiro atoms. The van der Waals surface area contributed by atoms with E-state index >= 15 is 0 Å². The highest BCUT2D eigenvalue weighted by molar-refractivity contribution is 9.10. The zero-order valence-electron chi connectivity index (χ0n) is 9.75. The van der Waals surface area contributed by atoms with Crippen LogP contribution in [0.4, 0.5) is 10.1 Å². The van der Waals surface area contributed by atoms with Gasteiger partial charge >= 0.3 is 0 Å². The Balaban J connectivity index is 2.14. The van der Waals surface area contributed by atoms with Crippen molar-refractivity contribution in [2.75, 3.05) is 5.32 Å². The molecule has 0 atom stereocenters. The van der Waals surface area contributed by atoms with Crippen molar-refractivity contribution in [1.82, 2.24) is 0 Å². The Bertz CT molecular complexity index is 652. The quantitative estimate of drug-likeness (QED) is 0.878. The molecule has 0 heterocycles. The molecule has 0 bridgehead atoms. The lowest BCUT2D eigenvalue weighted by Crippen LogP contribution is -2.01. The van der Waals surface area contributed by atoms with Crippen molar-refractivity contribution in [1.29, 1.82) is 5.26 Å². The van der Waals surface area contributed by atoms with Crippen molar-refractivity contribution in [3.05, 3.63) is 62.8 Å². The molecule has 0 aliphatic heterocycles. The summed E-state index contributed by atoms with van der Waals surface area (Å²) in [4.78, 5) is 0. The molecule has 2 rings (SSSR count). The van der Waals surface area contributed by atoms with E-state index < -0.39 is 5.82 Å². The average Bonchev–Trinajstić information content (AvgIpc) is 2.41. The number of hydrogen-bond donors (Lipinski definition) is 1. The van der Waals surface area contributed by atoms with Gasteiger partial charge in [0.05, 0.1) is 16.3 Å². The molecule has 5 heteroatoms. The van der Waals surface area contributed by atoms with Gasteiger partial charge < -0.3 is 5.32 Å². The first-order chi connectivity index (χ1) is 9.10. The Morgan fingerprint density at radius 1 is 1.26 bits per heavy atom. The summed E-state index contributed by atoms with van der Waals surface area (Å²) in [6.07, 6.45) is 0. The van der Waals surface area contributed by atoms with Crippen LogP contribution in [0.2, 0.25) is 5.02 Å². The molecule has 0 saturated carbocycles. The van der Waals surface area contributed by atoms with Crippen LogP contribution < -0.4 is 5.32 Å². The SMILES string of the molecule is N#Cc1cc(Br)ccc1NCc1ccc(F)c(Cl)c1. The van der Waals surface area contributed by atoms with Gasteiger partial charge in [-0.05, 0) is 35.9 Å². The molecule has 0 amide bonds. The van der Waals surface area contributed by atoms with E-state index in [1.54, 1.807) is 18.2 Å². The van der Waals surface area contributed by atoms with E-state index in [1.807, 2.05) is 12.1 Å².